The van der Waals surface area contributed by atoms with Crippen molar-refractivity contribution in [3.05, 3.63) is 117 Å². The molecule has 0 spiro atoms. The number of aliphatic hydroxyl groups excluding tert-OH is 1. The number of aliphatic hydroxyl groups is 1. The second-order valence-corrected chi connectivity index (χ2v) is 20.5. The minimum Gasteiger partial charge on any atom is -0.490 e. The fraction of sp³-hybridized carbons (Fsp3) is 0.393. The summed E-state index contributed by atoms with van der Waals surface area (Å²) in [5.74, 6) is 2.35. The van der Waals surface area contributed by atoms with Crippen LogP contribution >= 0.6 is 34.4 Å². The van der Waals surface area contributed by atoms with Crippen LogP contribution in [0.2, 0.25) is 0 Å². The third-order valence-corrected chi connectivity index (χ3v) is 15.3. The monoisotopic (exact) mass is 1050 g/mol. The summed E-state index contributed by atoms with van der Waals surface area (Å²) in [4.78, 5) is 11.1. The van der Waals surface area contributed by atoms with Crippen molar-refractivity contribution < 1.29 is 43.0 Å². The number of nitrogens with zero attached hydrogens (tertiary/aromatic N) is 5. The van der Waals surface area contributed by atoms with E-state index in [4.69, 9.17) is 42.3 Å². The van der Waals surface area contributed by atoms with Gasteiger partial charge in [0, 0.05) is 63.9 Å². The normalized spacial score (nSPS) is 16.2. The highest BCUT2D eigenvalue weighted by atomic mass is 32.1. The highest BCUT2D eigenvalue weighted by Gasteiger charge is 2.21. The van der Waals surface area contributed by atoms with Crippen molar-refractivity contribution in [3.63, 3.8) is 0 Å². The molecule has 4 aromatic carbocycles. The van der Waals surface area contributed by atoms with Gasteiger partial charge in [0.2, 0.25) is 0 Å². The summed E-state index contributed by atoms with van der Waals surface area (Å²) in [5.41, 5.74) is 9.96. The van der Waals surface area contributed by atoms with Gasteiger partial charge >= 0.3 is 0 Å². The molecule has 3 aliphatic rings. The maximum Gasteiger partial charge on any atom is 0.143 e. The highest BCUT2D eigenvalue weighted by molar-refractivity contribution is 7.16. The van der Waals surface area contributed by atoms with Crippen LogP contribution in [0.5, 0.6) is 17.2 Å². The van der Waals surface area contributed by atoms with Gasteiger partial charge in [0.05, 0.1) is 108 Å². The maximum absolute atomic E-state index is 9.67. The standard InChI is InChI=1S/C56H65N5O9S3/c1-40-4-13-47-50(36-40)68-28-22-61(23-29-69-51-37-41(2)5-14-48(51)60-20-26-66-33-31-64-24-18-59(47)19-25-65-32-34-67-27-21-60)49-15-7-42(38-52(49)70-35-30-63-3)6-8-43-9-16-53(71-43)45-11-12-46(56-55(45)57-73-58-56)54-17-10-44(39-62)72-54/h4-17,36-38,62H,18-35,39H2,1-3H3. The van der Waals surface area contributed by atoms with Gasteiger partial charge in [0.25, 0.3) is 0 Å². The fourth-order valence-electron chi connectivity index (χ4n) is 8.81. The molecular formula is C56H65N5O9S3. The molecule has 1 saturated heterocycles. The number of methoxy groups -OCH3 is 1. The van der Waals surface area contributed by atoms with E-state index < -0.39 is 0 Å². The predicted molar refractivity (Wildman–Crippen MR) is 296 cm³/mol. The Hall–Kier alpha value is -5.60. The van der Waals surface area contributed by atoms with Crippen LogP contribution in [0.3, 0.4) is 0 Å². The first kappa shape index (κ1) is 52.3. The van der Waals surface area contributed by atoms with E-state index in [1.807, 2.05) is 12.1 Å². The van der Waals surface area contributed by atoms with Crippen LogP contribution in [0.15, 0.2) is 91.0 Å². The molecule has 10 rings (SSSR count). The zero-order valence-corrected chi connectivity index (χ0v) is 44.4. The molecule has 3 aromatic heterocycles. The molecule has 73 heavy (non-hydrogen) atoms. The summed E-state index contributed by atoms with van der Waals surface area (Å²) in [6.45, 7) is 13.7. The van der Waals surface area contributed by atoms with E-state index in [0.29, 0.717) is 119 Å². The molecular weight excluding hydrogens is 983 g/mol. The Labute approximate surface area is 440 Å². The SMILES string of the molecule is COCCOc1cc(C=Cc2ccc(-c3ccc(-c4ccc(CO)s4)c4nsnc34)s2)ccc1N1CCOc2cc(C)ccc2N2CCOCCOCCN(CCOCCOCC2)c2ccc(C)cc2OCC1. The van der Waals surface area contributed by atoms with E-state index in [1.54, 1.807) is 29.8 Å². The van der Waals surface area contributed by atoms with Gasteiger partial charge in [-0.25, -0.2) is 0 Å². The van der Waals surface area contributed by atoms with Crippen molar-refractivity contribution in [2.75, 3.05) is 140 Å². The number of anilines is 3. The number of benzene rings is 4. The minimum absolute atomic E-state index is 0.0225. The first-order chi connectivity index (χ1) is 35.9. The van der Waals surface area contributed by atoms with Gasteiger partial charge in [-0.05, 0) is 97.3 Å². The Bertz CT molecular complexity index is 2790. The molecule has 1 fully saturated rings. The molecule has 0 unspecified atom stereocenters. The second-order valence-electron chi connectivity index (χ2n) is 17.7. The van der Waals surface area contributed by atoms with Crippen molar-refractivity contribution in [3.8, 4) is 38.1 Å². The van der Waals surface area contributed by atoms with Crippen molar-refractivity contribution >= 4 is 74.6 Å². The molecule has 0 amide bonds. The van der Waals surface area contributed by atoms with E-state index in [-0.39, 0.29) is 6.61 Å². The average molecular weight is 1050 g/mol. The van der Waals surface area contributed by atoms with Crippen molar-refractivity contribution in [1.29, 1.82) is 0 Å². The summed E-state index contributed by atoms with van der Waals surface area (Å²) in [6.07, 6.45) is 4.27. The van der Waals surface area contributed by atoms with Crippen LogP contribution in [-0.2, 0) is 30.3 Å². The topological polar surface area (TPSA) is 130 Å². The number of thiophene rings is 2. The first-order valence-electron chi connectivity index (χ1n) is 25.0. The van der Waals surface area contributed by atoms with Gasteiger partial charge in [0.15, 0.2) is 0 Å². The molecule has 0 aliphatic carbocycles. The Morgan fingerprint density at radius 1 is 0.548 bits per heavy atom. The van der Waals surface area contributed by atoms with Crippen LogP contribution in [-0.4, -0.2) is 140 Å². The van der Waals surface area contributed by atoms with Crippen molar-refractivity contribution in [2.45, 2.75) is 20.5 Å². The van der Waals surface area contributed by atoms with Gasteiger partial charge in [-0.15, -0.1) is 22.7 Å². The summed E-state index contributed by atoms with van der Waals surface area (Å²) in [5, 5.41) is 9.67. The highest BCUT2D eigenvalue weighted by Crippen LogP contribution is 2.40. The maximum atomic E-state index is 9.67. The van der Waals surface area contributed by atoms with Gasteiger partial charge in [-0.1, -0.05) is 36.4 Å². The minimum atomic E-state index is 0.0225. The zero-order valence-electron chi connectivity index (χ0n) is 41.9. The van der Waals surface area contributed by atoms with Crippen molar-refractivity contribution in [1.82, 2.24) is 8.75 Å². The molecule has 14 nitrogen and oxygen atoms in total. The van der Waals surface area contributed by atoms with Gasteiger partial charge < -0.3 is 57.7 Å². The molecule has 7 aromatic rings. The number of hydrogen-bond donors (Lipinski definition) is 1. The van der Waals surface area contributed by atoms with Gasteiger partial charge in [0.1, 0.15) is 48.1 Å². The zero-order chi connectivity index (χ0) is 50.2. The summed E-state index contributed by atoms with van der Waals surface area (Å²) < 4.78 is 59.5. The molecule has 0 saturated carbocycles. The Balaban J connectivity index is 1.01. The number of rotatable bonds is 10. The van der Waals surface area contributed by atoms with Gasteiger partial charge in [-0.3, -0.25) is 0 Å². The molecule has 1 N–H and O–H groups in total. The predicted octanol–water partition coefficient (Wildman–Crippen LogP) is 10.1. The summed E-state index contributed by atoms with van der Waals surface area (Å²) in [7, 11) is 1.68. The number of aromatic nitrogens is 2. The Morgan fingerprint density at radius 3 is 1.62 bits per heavy atom. The lowest BCUT2D eigenvalue weighted by Crippen LogP contribution is -2.34. The summed E-state index contributed by atoms with van der Waals surface area (Å²) in [6, 6.07) is 31.6. The fourth-order valence-corrected chi connectivity index (χ4v) is 11.2. The largest absolute Gasteiger partial charge is 0.490 e. The molecule has 6 heterocycles. The number of ether oxygens (including phenoxy) is 8. The van der Waals surface area contributed by atoms with Crippen LogP contribution in [0.1, 0.15) is 26.4 Å². The smallest absolute Gasteiger partial charge is 0.143 e. The van der Waals surface area contributed by atoms with Crippen LogP contribution in [0.4, 0.5) is 17.1 Å². The lowest BCUT2D eigenvalue weighted by atomic mass is 10.1. The van der Waals surface area contributed by atoms with Gasteiger partial charge in [-0.2, -0.15) is 8.75 Å². The van der Waals surface area contributed by atoms with Crippen LogP contribution < -0.4 is 28.9 Å². The van der Waals surface area contributed by atoms with Crippen LogP contribution in [0.25, 0.3) is 44.1 Å². The van der Waals surface area contributed by atoms with E-state index in [0.717, 1.165) is 92.7 Å². The van der Waals surface area contributed by atoms with E-state index >= 15 is 0 Å². The molecule has 17 heteroatoms. The Kier molecular flexibility index (Phi) is 19.0. The number of hydrogen-bond acceptors (Lipinski definition) is 17. The lowest BCUT2D eigenvalue weighted by Gasteiger charge is -2.30. The Morgan fingerprint density at radius 2 is 1.07 bits per heavy atom. The molecule has 0 atom stereocenters. The third-order valence-electron chi connectivity index (χ3n) is 12.6. The third kappa shape index (κ3) is 14.0. The quantitative estimate of drug-likeness (QED) is 0.103. The van der Waals surface area contributed by atoms with E-state index in [9.17, 15) is 5.11 Å². The number of fused-ring (bicyclic) bond motifs is 21. The van der Waals surface area contributed by atoms with E-state index in [2.05, 4.69) is 124 Å². The second kappa shape index (κ2) is 26.6. The van der Waals surface area contributed by atoms with E-state index in [1.165, 1.54) is 11.7 Å². The molecule has 0 radical (unpaired) electrons. The molecule has 3 aliphatic heterocycles. The summed E-state index contributed by atoms with van der Waals surface area (Å²) >= 11 is 4.51. The number of aryl methyl sites for hydroxylation is 2. The van der Waals surface area contributed by atoms with Crippen LogP contribution in [0, 0.1) is 13.8 Å². The molecule has 386 valence electrons. The first-order valence-corrected chi connectivity index (χ1v) is 27.3. The molecule has 2 bridgehead atoms. The lowest BCUT2D eigenvalue weighted by molar-refractivity contribution is 0.0435. The van der Waals surface area contributed by atoms with Crippen molar-refractivity contribution in [2.24, 2.45) is 0 Å². The average Bonchev–Trinajstić information content (AvgIpc) is 4.21.